The Morgan fingerprint density at radius 1 is 1.71 bits per heavy atom. The summed E-state index contributed by atoms with van der Waals surface area (Å²) in [5.41, 5.74) is -0.369. The molecule has 0 saturated carbocycles. The van der Waals surface area contributed by atoms with Gasteiger partial charge in [0.15, 0.2) is 0 Å². The number of rotatable bonds is 4. The Labute approximate surface area is 102 Å². The Kier molecular flexibility index (Phi) is 3.28. The van der Waals surface area contributed by atoms with Gasteiger partial charge in [-0.3, -0.25) is 13.8 Å². The first-order chi connectivity index (χ1) is 8.09. The first-order valence-corrected chi connectivity index (χ1v) is 6.42. The number of hydrogen-bond acceptors (Lipinski definition) is 5. The number of aromatic nitrogens is 2. The monoisotopic (exact) mass is 253 g/mol. The van der Waals surface area contributed by atoms with Crippen molar-refractivity contribution in [1.82, 2.24) is 14.7 Å². The third-order valence-corrected chi connectivity index (χ3v) is 4.04. The lowest BCUT2D eigenvalue weighted by Crippen LogP contribution is -2.65. The predicted molar refractivity (Wildman–Crippen MR) is 60.4 cm³/mol. The summed E-state index contributed by atoms with van der Waals surface area (Å²) in [4.78, 5) is 1.82. The van der Waals surface area contributed by atoms with E-state index in [1.54, 1.807) is 23.9 Å². The van der Waals surface area contributed by atoms with Crippen molar-refractivity contribution in [2.45, 2.75) is 24.3 Å². The summed E-state index contributed by atoms with van der Waals surface area (Å²) in [6.45, 7) is 2.72. The van der Waals surface area contributed by atoms with Crippen LogP contribution in [0, 0.1) is 11.3 Å². The van der Waals surface area contributed by atoms with Crippen molar-refractivity contribution in [1.29, 1.82) is 5.26 Å². The number of likely N-dealkylation sites (tertiary alicyclic amines) is 1. The molecule has 6 nitrogen and oxygen atoms in total. The molecule has 1 saturated heterocycles. The molecule has 2 heterocycles. The minimum absolute atomic E-state index is 0.337. The van der Waals surface area contributed by atoms with Crippen LogP contribution in [0.15, 0.2) is 18.5 Å². The van der Waals surface area contributed by atoms with Crippen LogP contribution in [0.3, 0.4) is 0 Å². The van der Waals surface area contributed by atoms with Crippen LogP contribution in [0.1, 0.15) is 13.3 Å². The second-order valence-corrected chi connectivity index (χ2v) is 5.48. The van der Waals surface area contributed by atoms with Gasteiger partial charge in [0.1, 0.15) is 5.54 Å². The van der Waals surface area contributed by atoms with Crippen LogP contribution in [-0.2, 0) is 16.6 Å². The van der Waals surface area contributed by atoms with E-state index in [1.807, 2.05) is 11.1 Å². The number of hydrogen-bond donors (Lipinski definition) is 0. The molecule has 0 bridgehead atoms. The zero-order valence-electron chi connectivity index (χ0n) is 9.44. The molecule has 0 N–H and O–H groups in total. The summed E-state index contributed by atoms with van der Waals surface area (Å²) in [7, 11) is 0. The fraction of sp³-hybridized carbons (Fsp3) is 0.600. The molecule has 2 rings (SSSR count). The van der Waals surface area contributed by atoms with Gasteiger partial charge in [-0.15, -0.1) is 0 Å². The van der Waals surface area contributed by atoms with E-state index in [9.17, 15) is 8.76 Å². The summed E-state index contributed by atoms with van der Waals surface area (Å²) in [6.07, 6.45) is 3.81. The van der Waals surface area contributed by atoms with E-state index in [0.29, 0.717) is 19.5 Å². The van der Waals surface area contributed by atoms with Crippen molar-refractivity contribution in [3.05, 3.63) is 18.5 Å². The molecule has 2 atom stereocenters. The molecule has 2 unspecified atom stereocenters. The van der Waals surface area contributed by atoms with E-state index in [1.165, 1.54) is 0 Å². The topological polar surface area (TPSA) is 85.0 Å². The molecule has 0 amide bonds. The van der Waals surface area contributed by atoms with E-state index < -0.39 is 16.5 Å². The minimum atomic E-state index is -2.11. The number of nitriles is 1. The van der Waals surface area contributed by atoms with Gasteiger partial charge in [-0.25, -0.2) is 0 Å². The quantitative estimate of drug-likeness (QED) is 0.707. The summed E-state index contributed by atoms with van der Waals surface area (Å²) >= 11 is -2.11. The van der Waals surface area contributed by atoms with Crippen molar-refractivity contribution in [3.8, 4) is 6.07 Å². The Bertz CT molecular complexity index is 447. The molecule has 0 radical (unpaired) electrons. The van der Waals surface area contributed by atoms with E-state index in [2.05, 4.69) is 11.2 Å². The van der Waals surface area contributed by atoms with Crippen LogP contribution >= 0.6 is 0 Å². The molecular weight excluding hydrogens is 240 g/mol. The lowest BCUT2D eigenvalue weighted by atomic mass is 9.87. The van der Waals surface area contributed by atoms with Crippen molar-refractivity contribution < 1.29 is 8.76 Å². The molecular formula is C10H13N4O2S-. The second-order valence-electron chi connectivity index (χ2n) is 4.27. The molecule has 0 aromatic carbocycles. The van der Waals surface area contributed by atoms with Gasteiger partial charge in [0.25, 0.3) is 0 Å². The maximum absolute atomic E-state index is 10.9. The van der Waals surface area contributed by atoms with Crippen LogP contribution in [0.5, 0.6) is 0 Å². The van der Waals surface area contributed by atoms with Crippen molar-refractivity contribution in [2.75, 3.05) is 13.1 Å². The average molecular weight is 253 g/mol. The summed E-state index contributed by atoms with van der Waals surface area (Å²) in [5.74, 6) is 0. The fourth-order valence-corrected chi connectivity index (χ4v) is 2.52. The maximum Gasteiger partial charge on any atom is 0.101 e. The van der Waals surface area contributed by atoms with Gasteiger partial charge in [0, 0.05) is 25.5 Å². The highest BCUT2D eigenvalue weighted by molar-refractivity contribution is 7.79. The second kappa shape index (κ2) is 4.56. The van der Waals surface area contributed by atoms with E-state index in [4.69, 9.17) is 5.26 Å². The maximum atomic E-state index is 10.9. The highest BCUT2D eigenvalue weighted by Gasteiger charge is 2.46. The van der Waals surface area contributed by atoms with Crippen LogP contribution in [0.25, 0.3) is 0 Å². The molecule has 7 heteroatoms. The average Bonchev–Trinajstić information content (AvgIpc) is 2.75. The fourth-order valence-electron chi connectivity index (χ4n) is 2.12. The minimum Gasteiger partial charge on any atom is -0.771 e. The molecule has 1 aliphatic heterocycles. The SMILES string of the molecule is CC(N1CC(CC#N)(n2cccn2)C1)S(=O)[O-]. The summed E-state index contributed by atoms with van der Waals surface area (Å²) in [6, 6.07) is 3.95. The first kappa shape index (κ1) is 12.2. The lowest BCUT2D eigenvalue weighted by Gasteiger charge is -2.51. The Balaban J connectivity index is 2.11. The standard InChI is InChI=1S/C10H14N4O2S/c1-9(17(15)16)13-7-10(8-13,3-4-11)14-6-2-5-12-14/h2,5-6,9H,3,7-8H2,1H3,(H,15,16)/p-1. The van der Waals surface area contributed by atoms with Crippen LogP contribution < -0.4 is 0 Å². The molecule has 1 fully saturated rings. The normalized spacial score (nSPS) is 22.4. The van der Waals surface area contributed by atoms with Crippen LogP contribution in [0.4, 0.5) is 0 Å². The van der Waals surface area contributed by atoms with Crippen molar-refractivity contribution >= 4 is 11.1 Å². The smallest absolute Gasteiger partial charge is 0.101 e. The molecule has 17 heavy (non-hydrogen) atoms. The van der Waals surface area contributed by atoms with Crippen molar-refractivity contribution in [3.63, 3.8) is 0 Å². The Hall–Kier alpha value is -1.23. The van der Waals surface area contributed by atoms with Gasteiger partial charge in [0.2, 0.25) is 0 Å². The molecule has 0 aliphatic carbocycles. The van der Waals surface area contributed by atoms with Gasteiger partial charge >= 0.3 is 0 Å². The molecule has 1 aromatic rings. The largest absolute Gasteiger partial charge is 0.771 e. The zero-order chi connectivity index (χ0) is 12.5. The zero-order valence-corrected chi connectivity index (χ0v) is 10.3. The molecule has 92 valence electrons. The highest BCUT2D eigenvalue weighted by atomic mass is 32.2. The Morgan fingerprint density at radius 3 is 2.88 bits per heavy atom. The first-order valence-electron chi connectivity index (χ1n) is 5.28. The lowest BCUT2D eigenvalue weighted by molar-refractivity contribution is -0.00185. The van der Waals surface area contributed by atoms with Gasteiger partial charge in [0.05, 0.1) is 17.9 Å². The van der Waals surface area contributed by atoms with E-state index >= 15 is 0 Å². The third-order valence-electron chi connectivity index (χ3n) is 3.19. The van der Waals surface area contributed by atoms with E-state index in [0.717, 1.165) is 0 Å². The van der Waals surface area contributed by atoms with Crippen molar-refractivity contribution in [2.24, 2.45) is 0 Å². The predicted octanol–water partition coefficient (Wildman–Crippen LogP) is 0.0328. The third kappa shape index (κ3) is 2.11. The van der Waals surface area contributed by atoms with Crippen LogP contribution in [0.2, 0.25) is 0 Å². The van der Waals surface area contributed by atoms with Gasteiger partial charge in [-0.2, -0.15) is 10.4 Å². The summed E-state index contributed by atoms with van der Waals surface area (Å²) in [5, 5.41) is 12.5. The van der Waals surface area contributed by atoms with Crippen LogP contribution in [-0.4, -0.2) is 41.9 Å². The Morgan fingerprint density at radius 2 is 2.41 bits per heavy atom. The van der Waals surface area contributed by atoms with Gasteiger partial charge in [-0.1, -0.05) is 0 Å². The van der Waals surface area contributed by atoms with E-state index in [-0.39, 0.29) is 5.54 Å². The highest BCUT2D eigenvalue weighted by Crippen LogP contribution is 2.33. The van der Waals surface area contributed by atoms with Gasteiger partial charge in [-0.05, 0) is 24.1 Å². The number of nitrogens with zero attached hydrogens (tertiary/aromatic N) is 4. The molecule has 0 spiro atoms. The molecule has 1 aromatic heterocycles. The summed E-state index contributed by atoms with van der Waals surface area (Å²) < 4.78 is 23.5. The van der Waals surface area contributed by atoms with Gasteiger partial charge < -0.3 is 4.55 Å². The molecule has 1 aliphatic rings.